The average molecular weight is 412 g/mol. The maximum Gasteiger partial charge on any atom is 0.244 e. The molecule has 3 aromatic rings. The third kappa shape index (κ3) is 4.24. The summed E-state index contributed by atoms with van der Waals surface area (Å²) in [5, 5.41) is 4.23. The number of carbonyl (C=O) groups excluding carboxylic acids is 1. The standard InChI is InChI=1S/C27H29N3O/c1-19-7-5-9-22(15-19)27(23-10-6-8-20(2)16-23)17-25(27)26(31)29-28-18-21-11-13-24(14-12-21)30(3)4/h5-16,18,25H,17H2,1-4H3,(H,29,31)/t25-/m1/s1. The number of carbonyl (C=O) groups is 1. The number of hydrogen-bond donors (Lipinski definition) is 1. The van der Waals surface area contributed by atoms with Gasteiger partial charge in [-0.05, 0) is 49.1 Å². The van der Waals surface area contributed by atoms with Gasteiger partial charge >= 0.3 is 0 Å². The van der Waals surface area contributed by atoms with Crippen LogP contribution in [0, 0.1) is 19.8 Å². The Morgan fingerprint density at radius 2 is 1.55 bits per heavy atom. The van der Waals surface area contributed by atoms with Gasteiger partial charge in [0.2, 0.25) is 5.91 Å². The molecule has 1 fully saturated rings. The van der Waals surface area contributed by atoms with Crippen LogP contribution in [0.3, 0.4) is 0 Å². The van der Waals surface area contributed by atoms with Crippen LogP contribution in [0.5, 0.6) is 0 Å². The second-order valence-corrected chi connectivity index (χ2v) is 8.69. The van der Waals surface area contributed by atoms with E-state index in [1.807, 2.05) is 43.3 Å². The van der Waals surface area contributed by atoms with Crippen LogP contribution in [0.2, 0.25) is 0 Å². The molecule has 0 radical (unpaired) electrons. The fraction of sp³-hybridized carbons (Fsp3) is 0.259. The van der Waals surface area contributed by atoms with Gasteiger partial charge in [0.15, 0.2) is 0 Å². The van der Waals surface area contributed by atoms with Gasteiger partial charge in [0.05, 0.1) is 12.1 Å². The summed E-state index contributed by atoms with van der Waals surface area (Å²) in [6.07, 6.45) is 2.49. The zero-order valence-corrected chi connectivity index (χ0v) is 18.6. The molecule has 4 heteroatoms. The lowest BCUT2D eigenvalue weighted by atomic mass is 9.84. The first-order valence-electron chi connectivity index (χ1n) is 10.6. The van der Waals surface area contributed by atoms with E-state index in [-0.39, 0.29) is 17.2 Å². The van der Waals surface area contributed by atoms with E-state index in [2.05, 4.69) is 72.9 Å². The van der Waals surface area contributed by atoms with Crippen LogP contribution in [0.15, 0.2) is 77.9 Å². The van der Waals surface area contributed by atoms with E-state index in [1.54, 1.807) is 6.21 Å². The van der Waals surface area contributed by atoms with Crippen molar-refractivity contribution in [3.63, 3.8) is 0 Å². The van der Waals surface area contributed by atoms with Gasteiger partial charge in [0.25, 0.3) is 0 Å². The highest BCUT2D eigenvalue weighted by Crippen LogP contribution is 2.59. The highest BCUT2D eigenvalue weighted by atomic mass is 16.2. The lowest BCUT2D eigenvalue weighted by Crippen LogP contribution is -2.25. The Bertz CT molecular complexity index is 1070. The molecule has 31 heavy (non-hydrogen) atoms. The Labute approximate surface area is 184 Å². The smallest absolute Gasteiger partial charge is 0.244 e. The molecule has 0 spiro atoms. The predicted molar refractivity (Wildman–Crippen MR) is 128 cm³/mol. The summed E-state index contributed by atoms with van der Waals surface area (Å²) in [4.78, 5) is 15.1. The molecule has 0 aromatic heterocycles. The lowest BCUT2D eigenvalue weighted by Gasteiger charge is -2.19. The third-order valence-corrected chi connectivity index (χ3v) is 6.14. The number of benzene rings is 3. The molecule has 0 aliphatic heterocycles. The molecule has 1 atom stereocenters. The van der Waals surface area contributed by atoms with E-state index in [0.29, 0.717) is 0 Å². The van der Waals surface area contributed by atoms with E-state index in [4.69, 9.17) is 0 Å². The molecule has 1 aliphatic carbocycles. The minimum atomic E-state index is -0.287. The molecule has 1 aliphatic rings. The van der Waals surface area contributed by atoms with Gasteiger partial charge in [-0.25, -0.2) is 5.43 Å². The summed E-state index contributed by atoms with van der Waals surface area (Å²) < 4.78 is 0. The largest absolute Gasteiger partial charge is 0.378 e. The Kier molecular flexibility index (Phi) is 5.64. The second kappa shape index (κ2) is 8.38. The van der Waals surface area contributed by atoms with Gasteiger partial charge in [0, 0.05) is 25.2 Å². The average Bonchev–Trinajstić information content (AvgIpc) is 3.51. The molecule has 158 valence electrons. The van der Waals surface area contributed by atoms with Gasteiger partial charge in [-0.1, -0.05) is 71.8 Å². The topological polar surface area (TPSA) is 44.7 Å². The van der Waals surface area contributed by atoms with Crippen LogP contribution >= 0.6 is 0 Å². The number of hydrazone groups is 1. The Hall–Kier alpha value is -3.40. The lowest BCUT2D eigenvalue weighted by molar-refractivity contribution is -0.122. The summed E-state index contributed by atoms with van der Waals surface area (Å²) in [7, 11) is 4.02. The Morgan fingerprint density at radius 1 is 0.968 bits per heavy atom. The van der Waals surface area contributed by atoms with Crippen LogP contribution < -0.4 is 10.3 Å². The molecule has 1 saturated carbocycles. The zero-order valence-electron chi connectivity index (χ0n) is 18.6. The number of amides is 1. The Balaban J connectivity index is 1.53. The summed E-state index contributed by atoms with van der Waals surface area (Å²) in [6.45, 7) is 4.19. The van der Waals surface area contributed by atoms with Crippen molar-refractivity contribution >= 4 is 17.8 Å². The minimum Gasteiger partial charge on any atom is -0.378 e. The number of aryl methyl sites for hydroxylation is 2. The Morgan fingerprint density at radius 3 is 2.06 bits per heavy atom. The van der Waals surface area contributed by atoms with Crippen molar-refractivity contribution in [3.8, 4) is 0 Å². The quantitative estimate of drug-likeness (QED) is 0.467. The van der Waals surface area contributed by atoms with Crippen LogP contribution in [-0.2, 0) is 10.2 Å². The molecule has 0 bridgehead atoms. The van der Waals surface area contributed by atoms with Crippen molar-refractivity contribution in [3.05, 3.63) is 101 Å². The minimum absolute atomic E-state index is 0.0378. The number of nitrogens with zero attached hydrogens (tertiary/aromatic N) is 2. The van der Waals surface area contributed by atoms with Crippen LogP contribution in [-0.4, -0.2) is 26.2 Å². The first-order valence-corrected chi connectivity index (χ1v) is 10.6. The molecular formula is C27H29N3O. The maximum absolute atomic E-state index is 13.0. The summed E-state index contributed by atoms with van der Waals surface area (Å²) in [6, 6.07) is 25.1. The van der Waals surface area contributed by atoms with Crippen LogP contribution in [0.1, 0.15) is 34.2 Å². The summed E-state index contributed by atoms with van der Waals surface area (Å²) >= 11 is 0. The monoisotopic (exact) mass is 411 g/mol. The maximum atomic E-state index is 13.0. The highest BCUT2D eigenvalue weighted by Gasteiger charge is 2.60. The first-order chi connectivity index (χ1) is 14.9. The van der Waals surface area contributed by atoms with Crippen molar-refractivity contribution < 1.29 is 4.79 Å². The highest BCUT2D eigenvalue weighted by molar-refractivity contribution is 5.88. The van der Waals surface area contributed by atoms with Gasteiger partial charge < -0.3 is 4.90 Å². The van der Waals surface area contributed by atoms with Crippen molar-refractivity contribution in [1.29, 1.82) is 0 Å². The van der Waals surface area contributed by atoms with E-state index >= 15 is 0 Å². The van der Waals surface area contributed by atoms with Crippen molar-refractivity contribution in [2.45, 2.75) is 25.7 Å². The normalized spacial score (nSPS) is 16.8. The molecule has 1 amide bonds. The molecular weight excluding hydrogens is 382 g/mol. The van der Waals surface area contributed by atoms with E-state index in [1.165, 1.54) is 22.3 Å². The van der Waals surface area contributed by atoms with Crippen molar-refractivity contribution in [2.24, 2.45) is 11.0 Å². The molecule has 1 N–H and O–H groups in total. The number of rotatable bonds is 6. The fourth-order valence-electron chi connectivity index (χ4n) is 4.34. The second-order valence-electron chi connectivity index (χ2n) is 8.69. The van der Waals surface area contributed by atoms with Gasteiger partial charge in [-0.2, -0.15) is 5.10 Å². The number of anilines is 1. The van der Waals surface area contributed by atoms with Crippen LogP contribution in [0.4, 0.5) is 5.69 Å². The molecule has 0 heterocycles. The van der Waals surface area contributed by atoms with Gasteiger partial charge in [-0.3, -0.25) is 4.79 Å². The molecule has 4 rings (SSSR count). The van der Waals surface area contributed by atoms with Crippen LogP contribution in [0.25, 0.3) is 0 Å². The SMILES string of the molecule is Cc1cccc(C2(c3cccc(C)c3)C[C@@H]2C(=O)NN=Cc2ccc(N(C)C)cc2)c1. The number of nitrogens with one attached hydrogen (secondary N) is 1. The summed E-state index contributed by atoms with van der Waals surface area (Å²) in [5.74, 6) is -0.173. The predicted octanol–water partition coefficient (Wildman–Crippen LogP) is 4.83. The van der Waals surface area contributed by atoms with Gasteiger partial charge in [0.1, 0.15) is 0 Å². The van der Waals surface area contributed by atoms with E-state index in [0.717, 1.165) is 17.7 Å². The van der Waals surface area contributed by atoms with Crippen molar-refractivity contribution in [2.75, 3.05) is 19.0 Å². The molecule has 0 unspecified atom stereocenters. The molecule has 0 saturated heterocycles. The number of hydrogen-bond acceptors (Lipinski definition) is 3. The first kappa shape index (κ1) is 20.9. The van der Waals surface area contributed by atoms with Crippen molar-refractivity contribution in [1.82, 2.24) is 5.43 Å². The van der Waals surface area contributed by atoms with E-state index < -0.39 is 0 Å². The summed E-state index contributed by atoms with van der Waals surface area (Å²) in [5.41, 5.74) is 9.36. The third-order valence-electron chi connectivity index (χ3n) is 6.14. The molecule has 3 aromatic carbocycles. The van der Waals surface area contributed by atoms with E-state index in [9.17, 15) is 4.79 Å². The van der Waals surface area contributed by atoms with Gasteiger partial charge in [-0.15, -0.1) is 0 Å². The molecule has 4 nitrogen and oxygen atoms in total. The zero-order chi connectivity index (χ0) is 22.0. The fourth-order valence-corrected chi connectivity index (χ4v) is 4.34.